The minimum atomic E-state index is -0.940. The van der Waals surface area contributed by atoms with Crippen LogP contribution < -0.4 is 10.1 Å². The maximum Gasteiger partial charge on any atom is 0.338 e. The number of benzene rings is 3. The number of nitrogens with one attached hydrogen (secondary N) is 2. The standard InChI is InChI=1S/C26H25N3O4/c1-3-22(25(30)29-20-12-8-9-13-23(20)32-4-2)33-26(31)18-14-15-19-21(16-18)28-24(27-19)17-10-6-5-7-11-17/h5-16,22H,3-4H2,1-2H3,(H,27,28)(H,29,30). The first kappa shape index (κ1) is 22.1. The summed E-state index contributed by atoms with van der Waals surface area (Å²) in [5, 5.41) is 2.80. The van der Waals surface area contributed by atoms with E-state index in [2.05, 4.69) is 15.3 Å². The number of hydrogen-bond acceptors (Lipinski definition) is 5. The molecule has 0 aliphatic rings. The van der Waals surface area contributed by atoms with Crippen molar-refractivity contribution in [2.75, 3.05) is 11.9 Å². The van der Waals surface area contributed by atoms with Gasteiger partial charge in [0.2, 0.25) is 0 Å². The number of amides is 1. The molecule has 0 bridgehead atoms. The van der Waals surface area contributed by atoms with E-state index < -0.39 is 18.0 Å². The largest absolute Gasteiger partial charge is 0.492 e. The number of para-hydroxylation sites is 2. The predicted octanol–water partition coefficient (Wildman–Crippen LogP) is 5.20. The summed E-state index contributed by atoms with van der Waals surface area (Å²) in [5.74, 6) is 0.295. The van der Waals surface area contributed by atoms with Gasteiger partial charge in [0.25, 0.3) is 5.91 Å². The van der Waals surface area contributed by atoms with Crippen molar-refractivity contribution in [3.05, 3.63) is 78.4 Å². The summed E-state index contributed by atoms with van der Waals surface area (Å²) in [5.41, 5.74) is 3.28. The van der Waals surface area contributed by atoms with Gasteiger partial charge in [0.05, 0.1) is 28.9 Å². The molecule has 168 valence electrons. The van der Waals surface area contributed by atoms with Crippen LogP contribution in [-0.2, 0) is 9.53 Å². The van der Waals surface area contributed by atoms with E-state index in [9.17, 15) is 9.59 Å². The molecule has 3 aromatic carbocycles. The van der Waals surface area contributed by atoms with E-state index in [1.807, 2.05) is 43.3 Å². The van der Waals surface area contributed by atoms with E-state index >= 15 is 0 Å². The molecule has 0 radical (unpaired) electrons. The van der Waals surface area contributed by atoms with E-state index in [1.54, 1.807) is 43.3 Å². The number of imidazole rings is 1. The second-order valence-electron chi connectivity index (χ2n) is 7.40. The number of aromatic amines is 1. The topological polar surface area (TPSA) is 93.3 Å². The predicted molar refractivity (Wildman–Crippen MR) is 127 cm³/mol. The van der Waals surface area contributed by atoms with Crippen LogP contribution in [0.2, 0.25) is 0 Å². The first-order valence-corrected chi connectivity index (χ1v) is 10.9. The zero-order valence-electron chi connectivity index (χ0n) is 18.5. The van der Waals surface area contributed by atoms with Gasteiger partial charge in [-0.2, -0.15) is 0 Å². The molecule has 2 N–H and O–H groups in total. The Bertz CT molecular complexity index is 1270. The van der Waals surface area contributed by atoms with E-state index in [0.717, 1.165) is 16.9 Å². The van der Waals surface area contributed by atoms with Crippen LogP contribution in [0.25, 0.3) is 22.4 Å². The number of esters is 1. The van der Waals surface area contributed by atoms with E-state index in [0.29, 0.717) is 35.5 Å². The smallest absolute Gasteiger partial charge is 0.338 e. The second kappa shape index (κ2) is 9.99. The molecular formula is C26H25N3O4. The highest BCUT2D eigenvalue weighted by atomic mass is 16.5. The first-order chi connectivity index (χ1) is 16.1. The van der Waals surface area contributed by atoms with Crippen molar-refractivity contribution in [2.45, 2.75) is 26.4 Å². The zero-order chi connectivity index (χ0) is 23.2. The van der Waals surface area contributed by atoms with Crippen molar-refractivity contribution in [3.63, 3.8) is 0 Å². The Morgan fingerprint density at radius 1 is 1.00 bits per heavy atom. The number of hydrogen-bond donors (Lipinski definition) is 2. The molecular weight excluding hydrogens is 418 g/mol. The van der Waals surface area contributed by atoms with Gasteiger partial charge in [-0.25, -0.2) is 9.78 Å². The average molecular weight is 444 g/mol. The Kier molecular flexibility index (Phi) is 6.69. The van der Waals surface area contributed by atoms with Gasteiger partial charge >= 0.3 is 5.97 Å². The van der Waals surface area contributed by atoms with Crippen LogP contribution >= 0.6 is 0 Å². The van der Waals surface area contributed by atoms with Gasteiger partial charge in [-0.3, -0.25) is 4.79 Å². The van der Waals surface area contributed by atoms with Gasteiger partial charge in [-0.15, -0.1) is 0 Å². The van der Waals surface area contributed by atoms with E-state index in [1.165, 1.54) is 0 Å². The SMILES string of the molecule is CCOc1ccccc1NC(=O)C(CC)OC(=O)c1ccc2nc(-c3ccccc3)[nH]c2c1. The molecule has 0 fully saturated rings. The molecule has 1 aromatic heterocycles. The normalized spacial score (nSPS) is 11.7. The number of anilines is 1. The van der Waals surface area contributed by atoms with Crippen LogP contribution in [-0.4, -0.2) is 34.6 Å². The lowest BCUT2D eigenvalue weighted by Crippen LogP contribution is -2.32. The molecule has 4 rings (SSSR count). The Balaban J connectivity index is 1.48. The van der Waals surface area contributed by atoms with Crippen molar-refractivity contribution >= 4 is 28.6 Å². The van der Waals surface area contributed by atoms with Crippen LogP contribution in [0.5, 0.6) is 5.75 Å². The summed E-state index contributed by atoms with van der Waals surface area (Å²) in [4.78, 5) is 33.4. The maximum atomic E-state index is 12.8. The third kappa shape index (κ3) is 5.03. The highest BCUT2D eigenvalue weighted by molar-refractivity contribution is 5.99. The molecule has 0 aliphatic carbocycles. The monoisotopic (exact) mass is 443 g/mol. The Hall–Kier alpha value is -4.13. The lowest BCUT2D eigenvalue weighted by atomic mass is 10.2. The lowest BCUT2D eigenvalue weighted by Gasteiger charge is -2.17. The van der Waals surface area contributed by atoms with E-state index in [4.69, 9.17) is 9.47 Å². The summed E-state index contributed by atoms with van der Waals surface area (Å²) in [6.45, 7) is 4.13. The van der Waals surface area contributed by atoms with E-state index in [-0.39, 0.29) is 0 Å². The Morgan fingerprint density at radius 2 is 1.76 bits per heavy atom. The van der Waals surface area contributed by atoms with Crippen molar-refractivity contribution in [1.82, 2.24) is 9.97 Å². The third-order valence-electron chi connectivity index (χ3n) is 5.12. The fraction of sp³-hybridized carbons (Fsp3) is 0.192. The van der Waals surface area contributed by atoms with Crippen molar-refractivity contribution in [2.24, 2.45) is 0 Å². The molecule has 4 aromatic rings. The molecule has 1 unspecified atom stereocenters. The van der Waals surface area contributed by atoms with Gasteiger partial charge in [0.15, 0.2) is 6.10 Å². The fourth-order valence-electron chi connectivity index (χ4n) is 3.45. The number of H-pyrrole nitrogens is 1. The van der Waals surface area contributed by atoms with Crippen LogP contribution in [0.15, 0.2) is 72.8 Å². The van der Waals surface area contributed by atoms with Crippen molar-refractivity contribution in [1.29, 1.82) is 0 Å². The summed E-state index contributed by atoms with van der Waals surface area (Å²) >= 11 is 0. The average Bonchev–Trinajstić information content (AvgIpc) is 3.28. The number of ether oxygens (including phenoxy) is 2. The number of nitrogens with zero attached hydrogens (tertiary/aromatic N) is 1. The molecule has 7 heteroatoms. The highest BCUT2D eigenvalue weighted by Crippen LogP contribution is 2.25. The van der Waals surface area contributed by atoms with Crippen molar-refractivity contribution < 1.29 is 19.1 Å². The molecule has 1 atom stereocenters. The lowest BCUT2D eigenvalue weighted by molar-refractivity contribution is -0.124. The molecule has 33 heavy (non-hydrogen) atoms. The third-order valence-corrected chi connectivity index (χ3v) is 5.12. The summed E-state index contributed by atoms with van der Waals surface area (Å²) in [6, 6.07) is 22.0. The minimum Gasteiger partial charge on any atom is -0.492 e. The van der Waals surface area contributed by atoms with Gasteiger partial charge in [0.1, 0.15) is 11.6 Å². The molecule has 1 heterocycles. The fourth-order valence-corrected chi connectivity index (χ4v) is 3.45. The molecule has 0 aliphatic heterocycles. The van der Waals surface area contributed by atoms with Gasteiger partial charge in [-0.05, 0) is 43.7 Å². The quantitative estimate of drug-likeness (QED) is 0.365. The van der Waals surface area contributed by atoms with Crippen LogP contribution in [0.4, 0.5) is 5.69 Å². The number of aromatic nitrogens is 2. The molecule has 1 amide bonds. The molecule has 0 spiro atoms. The Morgan fingerprint density at radius 3 is 2.52 bits per heavy atom. The highest BCUT2D eigenvalue weighted by Gasteiger charge is 2.23. The van der Waals surface area contributed by atoms with Gasteiger partial charge in [-0.1, -0.05) is 49.4 Å². The molecule has 0 saturated carbocycles. The minimum absolute atomic E-state index is 0.332. The number of fused-ring (bicyclic) bond motifs is 1. The molecule has 7 nitrogen and oxygen atoms in total. The number of carbonyl (C=O) groups excluding carboxylic acids is 2. The van der Waals surface area contributed by atoms with Gasteiger partial charge < -0.3 is 19.8 Å². The summed E-state index contributed by atoms with van der Waals surface area (Å²) in [6.07, 6.45) is -0.608. The van der Waals surface area contributed by atoms with Crippen LogP contribution in [0.1, 0.15) is 30.6 Å². The zero-order valence-corrected chi connectivity index (χ0v) is 18.5. The second-order valence-corrected chi connectivity index (χ2v) is 7.40. The Labute approximate surface area is 191 Å². The maximum absolute atomic E-state index is 12.8. The van der Waals surface area contributed by atoms with Crippen LogP contribution in [0, 0.1) is 0 Å². The van der Waals surface area contributed by atoms with Crippen LogP contribution in [0.3, 0.4) is 0 Å². The number of carbonyl (C=O) groups is 2. The molecule has 0 saturated heterocycles. The van der Waals surface area contributed by atoms with Crippen molar-refractivity contribution in [3.8, 4) is 17.1 Å². The summed E-state index contributed by atoms with van der Waals surface area (Å²) < 4.78 is 11.1. The van der Waals surface area contributed by atoms with Gasteiger partial charge in [0, 0.05) is 5.56 Å². The number of rotatable bonds is 8. The first-order valence-electron chi connectivity index (χ1n) is 10.9. The summed E-state index contributed by atoms with van der Waals surface area (Å²) in [7, 11) is 0.